The van der Waals surface area contributed by atoms with Crippen molar-refractivity contribution in [1.29, 1.82) is 0 Å². The van der Waals surface area contributed by atoms with Crippen molar-refractivity contribution in [1.82, 2.24) is 15.8 Å². The molecule has 2 aromatic carbocycles. The summed E-state index contributed by atoms with van der Waals surface area (Å²) < 4.78 is 12.0. The first-order chi connectivity index (χ1) is 16.0. The number of hydrogen-bond donors (Lipinski definition) is 2. The summed E-state index contributed by atoms with van der Waals surface area (Å²) in [7, 11) is 0. The Kier molecular flexibility index (Phi) is 7.85. The number of rotatable bonds is 8. The van der Waals surface area contributed by atoms with E-state index in [0.29, 0.717) is 17.3 Å². The summed E-state index contributed by atoms with van der Waals surface area (Å²) in [5.41, 5.74) is 3.63. The number of benzene rings is 2. The molecule has 33 heavy (non-hydrogen) atoms. The van der Waals surface area contributed by atoms with Crippen molar-refractivity contribution in [2.24, 2.45) is 5.92 Å². The third kappa shape index (κ3) is 6.47. The summed E-state index contributed by atoms with van der Waals surface area (Å²) in [6.07, 6.45) is 4.89. The van der Waals surface area contributed by atoms with Crippen molar-refractivity contribution in [2.45, 2.75) is 26.5 Å². The van der Waals surface area contributed by atoms with Crippen LogP contribution in [0.3, 0.4) is 0 Å². The maximum Gasteiger partial charge on any atom is 0.224 e. The van der Waals surface area contributed by atoms with Crippen LogP contribution in [0.5, 0.6) is 5.75 Å². The van der Waals surface area contributed by atoms with Gasteiger partial charge >= 0.3 is 0 Å². The van der Waals surface area contributed by atoms with E-state index in [1.54, 1.807) is 0 Å². The Labute approximate surface area is 206 Å². The molecular formula is C25H25BrClN3O3. The molecule has 0 saturated carbocycles. The molecule has 1 unspecified atom stereocenters. The van der Waals surface area contributed by atoms with E-state index >= 15 is 0 Å². The molecule has 1 atom stereocenters. The molecule has 1 aliphatic heterocycles. The predicted octanol–water partition coefficient (Wildman–Crippen LogP) is 5.37. The maximum atomic E-state index is 12.5. The van der Waals surface area contributed by atoms with Crippen molar-refractivity contribution in [3.63, 3.8) is 0 Å². The Balaban J connectivity index is 1.51. The standard InChI is InChI=1S/C25H25BrClN3O3/c1-16-10-22(30-33-16)15-32-24-7-3-17(2-4-18-5-6-21(27)12-23(18)26)11-20(24)14-29-25(31)19-8-9-28-13-19/h2-7,10-12,19,28H,8-9,13-15H2,1H3,(H,29,31)/b4-2+. The Morgan fingerprint density at radius 1 is 1.30 bits per heavy atom. The quantitative estimate of drug-likeness (QED) is 0.383. The zero-order valence-corrected chi connectivity index (χ0v) is 20.6. The Hall–Kier alpha value is -2.61. The smallest absolute Gasteiger partial charge is 0.224 e. The highest BCUT2D eigenvalue weighted by Gasteiger charge is 2.22. The molecule has 0 bridgehead atoms. The van der Waals surface area contributed by atoms with Crippen molar-refractivity contribution in [2.75, 3.05) is 13.1 Å². The second kappa shape index (κ2) is 11.0. The molecule has 2 N–H and O–H groups in total. The molecule has 3 aromatic rings. The largest absolute Gasteiger partial charge is 0.487 e. The van der Waals surface area contributed by atoms with Crippen molar-refractivity contribution in [3.05, 3.63) is 80.1 Å². The molecule has 1 aliphatic rings. The molecule has 172 valence electrons. The predicted molar refractivity (Wildman–Crippen MR) is 133 cm³/mol. The molecule has 1 saturated heterocycles. The van der Waals surface area contributed by atoms with Gasteiger partial charge in [-0.3, -0.25) is 4.79 Å². The van der Waals surface area contributed by atoms with Crippen molar-refractivity contribution >= 4 is 45.6 Å². The van der Waals surface area contributed by atoms with Crippen LogP contribution in [0.25, 0.3) is 12.2 Å². The molecule has 0 radical (unpaired) electrons. The van der Waals surface area contributed by atoms with Gasteiger partial charge in [0.15, 0.2) is 0 Å². The average molecular weight is 531 g/mol. The summed E-state index contributed by atoms with van der Waals surface area (Å²) in [5, 5.41) is 10.9. The van der Waals surface area contributed by atoms with Crippen molar-refractivity contribution in [3.8, 4) is 5.75 Å². The van der Waals surface area contributed by atoms with Crippen LogP contribution in [0.2, 0.25) is 5.02 Å². The van der Waals surface area contributed by atoms with Crippen LogP contribution < -0.4 is 15.4 Å². The molecule has 8 heteroatoms. The van der Waals surface area contributed by atoms with E-state index in [2.05, 4.69) is 31.7 Å². The lowest BCUT2D eigenvalue weighted by Gasteiger charge is -2.14. The number of nitrogens with zero attached hydrogens (tertiary/aromatic N) is 1. The SMILES string of the molecule is Cc1cc(COc2ccc(/C=C/c3ccc(Cl)cc3Br)cc2CNC(=O)C2CCNC2)no1. The van der Waals surface area contributed by atoms with E-state index < -0.39 is 0 Å². The number of nitrogens with one attached hydrogen (secondary N) is 2. The summed E-state index contributed by atoms with van der Waals surface area (Å²) in [6.45, 7) is 4.12. The summed E-state index contributed by atoms with van der Waals surface area (Å²) in [5.74, 6) is 1.51. The van der Waals surface area contributed by atoms with Crippen molar-refractivity contribution < 1.29 is 14.1 Å². The van der Waals surface area contributed by atoms with Gasteiger partial charge in [-0.1, -0.05) is 57.0 Å². The molecule has 1 aromatic heterocycles. The molecule has 0 aliphatic carbocycles. The van der Waals surface area contributed by atoms with E-state index in [9.17, 15) is 4.79 Å². The van der Waals surface area contributed by atoms with Gasteiger partial charge in [0.25, 0.3) is 0 Å². The monoisotopic (exact) mass is 529 g/mol. The number of hydrogen-bond acceptors (Lipinski definition) is 5. The highest BCUT2D eigenvalue weighted by Crippen LogP contribution is 2.26. The van der Waals surface area contributed by atoms with Gasteiger partial charge in [-0.25, -0.2) is 0 Å². The van der Waals surface area contributed by atoms with Crippen LogP contribution in [0.1, 0.15) is 34.6 Å². The van der Waals surface area contributed by atoms with Crippen LogP contribution in [-0.4, -0.2) is 24.2 Å². The first-order valence-electron chi connectivity index (χ1n) is 10.8. The zero-order valence-electron chi connectivity index (χ0n) is 18.2. The minimum Gasteiger partial charge on any atom is -0.487 e. The Morgan fingerprint density at radius 3 is 2.91 bits per heavy atom. The minimum absolute atomic E-state index is 0.0119. The number of aryl methyl sites for hydroxylation is 1. The maximum absolute atomic E-state index is 12.5. The van der Waals surface area contributed by atoms with Crippen LogP contribution in [0.15, 0.2) is 51.5 Å². The number of aromatic nitrogens is 1. The number of carbonyl (C=O) groups excluding carboxylic acids is 1. The van der Waals surface area contributed by atoms with E-state index in [1.165, 1.54) is 0 Å². The zero-order chi connectivity index (χ0) is 23.2. The van der Waals surface area contributed by atoms with E-state index in [-0.39, 0.29) is 18.4 Å². The molecule has 4 rings (SSSR count). The first-order valence-corrected chi connectivity index (χ1v) is 11.9. The summed E-state index contributed by atoms with van der Waals surface area (Å²) in [4.78, 5) is 12.5. The molecule has 2 heterocycles. The fourth-order valence-electron chi connectivity index (χ4n) is 3.65. The summed E-state index contributed by atoms with van der Waals surface area (Å²) in [6, 6.07) is 13.4. The third-order valence-corrected chi connectivity index (χ3v) is 6.36. The Bertz CT molecular complexity index is 1160. The lowest BCUT2D eigenvalue weighted by Crippen LogP contribution is -2.31. The van der Waals surface area contributed by atoms with E-state index in [1.807, 2.05) is 61.5 Å². The topological polar surface area (TPSA) is 76.4 Å². The number of ether oxygens (including phenoxy) is 1. The molecule has 0 spiro atoms. The molecule has 6 nitrogen and oxygen atoms in total. The number of halogens is 2. The number of carbonyl (C=O) groups is 1. The molecule has 1 fully saturated rings. The third-order valence-electron chi connectivity index (χ3n) is 5.44. The highest BCUT2D eigenvalue weighted by molar-refractivity contribution is 9.10. The molecular weight excluding hydrogens is 506 g/mol. The fraction of sp³-hybridized carbons (Fsp3) is 0.280. The van der Waals surface area contributed by atoms with Gasteiger partial charge < -0.3 is 19.9 Å². The van der Waals surface area contributed by atoms with Crippen LogP contribution in [0.4, 0.5) is 0 Å². The highest BCUT2D eigenvalue weighted by atomic mass is 79.9. The second-order valence-corrected chi connectivity index (χ2v) is 9.28. The van der Waals surface area contributed by atoms with Gasteiger partial charge in [0.2, 0.25) is 5.91 Å². The van der Waals surface area contributed by atoms with Gasteiger partial charge in [0.1, 0.15) is 23.8 Å². The lowest BCUT2D eigenvalue weighted by atomic mass is 10.1. The van der Waals surface area contributed by atoms with Crippen LogP contribution in [0, 0.1) is 12.8 Å². The first kappa shape index (κ1) is 23.5. The molecule has 1 amide bonds. The summed E-state index contributed by atoms with van der Waals surface area (Å²) >= 11 is 9.58. The lowest BCUT2D eigenvalue weighted by molar-refractivity contribution is -0.124. The average Bonchev–Trinajstić information content (AvgIpc) is 3.48. The van der Waals surface area contributed by atoms with Crippen LogP contribution in [-0.2, 0) is 17.9 Å². The van der Waals surface area contributed by atoms with Gasteiger partial charge in [-0.15, -0.1) is 0 Å². The normalized spacial score (nSPS) is 15.8. The fourth-order valence-corrected chi connectivity index (χ4v) is 4.46. The van der Waals surface area contributed by atoms with Gasteiger partial charge in [0.05, 0.1) is 5.92 Å². The Morgan fingerprint density at radius 2 is 2.18 bits per heavy atom. The van der Waals surface area contributed by atoms with E-state index in [4.69, 9.17) is 20.9 Å². The second-order valence-electron chi connectivity index (χ2n) is 7.99. The van der Waals surface area contributed by atoms with E-state index in [0.717, 1.165) is 52.1 Å². The van der Waals surface area contributed by atoms with Crippen LogP contribution >= 0.6 is 27.5 Å². The van der Waals surface area contributed by atoms with Gasteiger partial charge in [-0.2, -0.15) is 0 Å². The number of amides is 1. The van der Waals surface area contributed by atoms with Gasteiger partial charge in [-0.05, 0) is 55.3 Å². The minimum atomic E-state index is 0.0119. The van der Waals surface area contributed by atoms with Gasteiger partial charge in [0, 0.05) is 34.2 Å².